The molecule has 20 heavy (non-hydrogen) atoms. The van der Waals surface area contributed by atoms with Crippen molar-refractivity contribution in [2.24, 2.45) is 11.7 Å². The molecule has 6 heteroatoms. The van der Waals surface area contributed by atoms with Crippen molar-refractivity contribution in [3.05, 3.63) is 29.8 Å². The van der Waals surface area contributed by atoms with Gasteiger partial charge in [0, 0.05) is 12.8 Å². The van der Waals surface area contributed by atoms with Crippen LogP contribution in [0.15, 0.2) is 29.2 Å². The minimum atomic E-state index is -3.19. The lowest BCUT2D eigenvalue weighted by Crippen LogP contribution is -2.44. The fraction of sp³-hybridized carbons (Fsp3) is 0.500. The first-order valence-corrected chi connectivity index (χ1v) is 8.47. The van der Waals surface area contributed by atoms with Crippen LogP contribution in [0.4, 0.5) is 0 Å². The number of sulfone groups is 1. The molecule has 0 fully saturated rings. The topological polar surface area (TPSA) is 89.3 Å². The number of hydrogen-bond donors (Lipinski definition) is 2. The van der Waals surface area contributed by atoms with E-state index in [1.807, 2.05) is 13.8 Å². The maximum atomic E-state index is 11.8. The van der Waals surface area contributed by atoms with E-state index < -0.39 is 15.9 Å². The predicted octanol–water partition coefficient (Wildman–Crippen LogP) is 1.08. The lowest BCUT2D eigenvalue weighted by Gasteiger charge is -2.17. The zero-order valence-electron chi connectivity index (χ0n) is 12.1. The van der Waals surface area contributed by atoms with Gasteiger partial charge in [-0.3, -0.25) is 4.79 Å². The van der Waals surface area contributed by atoms with E-state index in [-0.39, 0.29) is 16.7 Å². The van der Waals surface area contributed by atoms with Crippen molar-refractivity contribution in [1.29, 1.82) is 0 Å². The molecule has 5 nitrogen and oxygen atoms in total. The Labute approximate surface area is 120 Å². The van der Waals surface area contributed by atoms with Crippen LogP contribution in [0, 0.1) is 5.92 Å². The highest BCUT2D eigenvalue weighted by Crippen LogP contribution is 2.10. The van der Waals surface area contributed by atoms with E-state index in [1.165, 1.54) is 12.1 Å². The van der Waals surface area contributed by atoms with Crippen molar-refractivity contribution in [3.63, 3.8) is 0 Å². The van der Waals surface area contributed by atoms with Gasteiger partial charge >= 0.3 is 0 Å². The second kappa shape index (κ2) is 6.85. The smallest absolute Gasteiger partial charge is 0.237 e. The first-order valence-electron chi connectivity index (χ1n) is 6.58. The van der Waals surface area contributed by atoms with Gasteiger partial charge in [-0.1, -0.05) is 32.4 Å². The number of benzene rings is 1. The van der Waals surface area contributed by atoms with Gasteiger partial charge in [0.05, 0.1) is 10.9 Å². The molecule has 2 atom stereocenters. The molecule has 0 radical (unpaired) electrons. The van der Waals surface area contributed by atoms with Crippen molar-refractivity contribution in [2.75, 3.05) is 6.26 Å². The van der Waals surface area contributed by atoms with Crippen LogP contribution in [0.2, 0.25) is 0 Å². The number of hydrogen-bond acceptors (Lipinski definition) is 4. The number of nitrogens with two attached hydrogens (primary N) is 1. The molecule has 1 aromatic carbocycles. The fourth-order valence-corrected chi connectivity index (χ4v) is 2.30. The monoisotopic (exact) mass is 298 g/mol. The van der Waals surface area contributed by atoms with Gasteiger partial charge in [0.25, 0.3) is 0 Å². The molecule has 0 aliphatic rings. The summed E-state index contributed by atoms with van der Waals surface area (Å²) in [7, 11) is -3.19. The normalized spacial score (nSPS) is 14.6. The molecule has 0 aliphatic heterocycles. The molecule has 112 valence electrons. The number of amides is 1. The second-order valence-electron chi connectivity index (χ2n) is 5.05. The van der Waals surface area contributed by atoms with Gasteiger partial charge in [-0.05, 0) is 23.6 Å². The SMILES string of the molecule is CCC(C)C(N)C(=O)NCc1ccc(S(C)(=O)=O)cc1. The molecular formula is C14H22N2O3S. The summed E-state index contributed by atoms with van der Waals surface area (Å²) in [5.41, 5.74) is 6.66. The van der Waals surface area contributed by atoms with E-state index >= 15 is 0 Å². The summed E-state index contributed by atoms with van der Waals surface area (Å²) in [6.07, 6.45) is 2.01. The quantitative estimate of drug-likeness (QED) is 0.822. The van der Waals surface area contributed by atoms with Crippen LogP contribution >= 0.6 is 0 Å². The summed E-state index contributed by atoms with van der Waals surface area (Å²) in [4.78, 5) is 12.1. The van der Waals surface area contributed by atoms with Crippen LogP contribution in [0.25, 0.3) is 0 Å². The highest BCUT2D eigenvalue weighted by Gasteiger charge is 2.18. The second-order valence-corrected chi connectivity index (χ2v) is 7.06. The Morgan fingerprint density at radius 1 is 1.30 bits per heavy atom. The Morgan fingerprint density at radius 2 is 1.85 bits per heavy atom. The molecule has 1 aromatic rings. The summed E-state index contributed by atoms with van der Waals surface area (Å²) in [6.45, 7) is 4.26. The molecule has 3 N–H and O–H groups in total. The van der Waals surface area contributed by atoms with E-state index in [1.54, 1.807) is 12.1 Å². The maximum absolute atomic E-state index is 11.8. The van der Waals surface area contributed by atoms with Crippen molar-refractivity contribution >= 4 is 15.7 Å². The van der Waals surface area contributed by atoms with Crippen LogP contribution in [0.3, 0.4) is 0 Å². The van der Waals surface area contributed by atoms with Crippen molar-refractivity contribution in [1.82, 2.24) is 5.32 Å². The van der Waals surface area contributed by atoms with Crippen molar-refractivity contribution in [3.8, 4) is 0 Å². The van der Waals surface area contributed by atoms with E-state index in [9.17, 15) is 13.2 Å². The highest BCUT2D eigenvalue weighted by molar-refractivity contribution is 7.90. The first kappa shape index (κ1) is 16.7. The van der Waals surface area contributed by atoms with Gasteiger partial charge in [0.15, 0.2) is 9.84 Å². The fourth-order valence-electron chi connectivity index (χ4n) is 1.67. The van der Waals surface area contributed by atoms with Gasteiger partial charge in [-0.2, -0.15) is 0 Å². The third kappa shape index (κ3) is 4.61. The molecule has 0 saturated heterocycles. The van der Waals surface area contributed by atoms with Gasteiger partial charge in [0.2, 0.25) is 5.91 Å². The molecule has 0 spiro atoms. The third-order valence-corrected chi connectivity index (χ3v) is 4.51. The van der Waals surface area contributed by atoms with Crippen LogP contribution in [0.1, 0.15) is 25.8 Å². The zero-order chi connectivity index (χ0) is 15.3. The van der Waals surface area contributed by atoms with E-state index in [4.69, 9.17) is 5.73 Å². The average molecular weight is 298 g/mol. The number of carbonyl (C=O) groups is 1. The predicted molar refractivity (Wildman–Crippen MR) is 78.8 cm³/mol. The van der Waals surface area contributed by atoms with Crippen LogP contribution in [0.5, 0.6) is 0 Å². The number of nitrogens with one attached hydrogen (secondary N) is 1. The minimum absolute atomic E-state index is 0.127. The standard InChI is InChI=1S/C14H22N2O3S/c1-4-10(2)13(15)14(17)16-9-11-5-7-12(8-6-11)20(3,18)19/h5-8,10,13H,4,9,15H2,1-3H3,(H,16,17). The van der Waals surface area contributed by atoms with Gasteiger partial charge in [-0.25, -0.2) is 8.42 Å². The van der Waals surface area contributed by atoms with Gasteiger partial charge in [-0.15, -0.1) is 0 Å². The van der Waals surface area contributed by atoms with E-state index in [2.05, 4.69) is 5.32 Å². The summed E-state index contributed by atoms with van der Waals surface area (Å²) in [5, 5.41) is 2.76. The van der Waals surface area contributed by atoms with Crippen molar-refractivity contribution < 1.29 is 13.2 Å². The van der Waals surface area contributed by atoms with Gasteiger partial charge < -0.3 is 11.1 Å². The average Bonchev–Trinajstić information content (AvgIpc) is 2.42. The number of rotatable bonds is 6. The Kier molecular flexibility index (Phi) is 5.71. The lowest BCUT2D eigenvalue weighted by molar-refractivity contribution is -0.123. The largest absolute Gasteiger partial charge is 0.351 e. The van der Waals surface area contributed by atoms with Crippen molar-refractivity contribution in [2.45, 2.75) is 37.8 Å². The highest BCUT2D eigenvalue weighted by atomic mass is 32.2. The van der Waals surface area contributed by atoms with Gasteiger partial charge in [0.1, 0.15) is 0 Å². The third-order valence-electron chi connectivity index (χ3n) is 3.38. The number of carbonyl (C=O) groups excluding carboxylic acids is 1. The molecular weight excluding hydrogens is 276 g/mol. The van der Waals surface area contributed by atoms with Crippen LogP contribution in [-0.4, -0.2) is 26.6 Å². The summed E-state index contributed by atoms with van der Waals surface area (Å²) in [5.74, 6) is -0.0610. The maximum Gasteiger partial charge on any atom is 0.237 e. The van der Waals surface area contributed by atoms with Crippen LogP contribution in [-0.2, 0) is 21.2 Å². The molecule has 1 rings (SSSR count). The van der Waals surface area contributed by atoms with Crippen LogP contribution < -0.4 is 11.1 Å². The molecule has 0 saturated carbocycles. The Hall–Kier alpha value is -1.40. The molecule has 0 heterocycles. The first-order chi connectivity index (χ1) is 9.25. The summed E-state index contributed by atoms with van der Waals surface area (Å²) >= 11 is 0. The van der Waals surface area contributed by atoms with E-state index in [0.29, 0.717) is 6.54 Å². The zero-order valence-corrected chi connectivity index (χ0v) is 12.9. The molecule has 2 unspecified atom stereocenters. The molecule has 0 aliphatic carbocycles. The Morgan fingerprint density at radius 3 is 2.30 bits per heavy atom. The minimum Gasteiger partial charge on any atom is -0.351 e. The Balaban J connectivity index is 2.61. The summed E-state index contributed by atoms with van der Waals surface area (Å²) < 4.78 is 22.6. The molecule has 0 bridgehead atoms. The Bertz CT molecular complexity index is 552. The summed E-state index contributed by atoms with van der Waals surface area (Å²) in [6, 6.07) is 5.92. The molecule has 0 aromatic heterocycles. The molecule has 1 amide bonds. The van der Waals surface area contributed by atoms with E-state index in [0.717, 1.165) is 18.2 Å². The lowest BCUT2D eigenvalue weighted by atomic mass is 9.99.